The summed E-state index contributed by atoms with van der Waals surface area (Å²) in [6, 6.07) is 20.9. The third-order valence-electron chi connectivity index (χ3n) is 6.11. The first-order valence-electron chi connectivity index (χ1n) is 11.8. The largest absolute Gasteiger partial charge is 0.493 e. The van der Waals surface area contributed by atoms with Gasteiger partial charge in [-0.15, -0.1) is 0 Å². The van der Waals surface area contributed by atoms with Crippen molar-refractivity contribution in [1.82, 2.24) is 5.32 Å². The van der Waals surface area contributed by atoms with E-state index in [2.05, 4.69) is 16.7 Å². The van der Waals surface area contributed by atoms with Crippen molar-refractivity contribution in [3.8, 4) is 11.5 Å². The molecule has 4 rings (SSSR count). The Bertz CT molecular complexity index is 1180. The molecule has 3 aromatic carbocycles. The van der Waals surface area contributed by atoms with Gasteiger partial charge in [0.2, 0.25) is 5.91 Å². The van der Waals surface area contributed by atoms with Gasteiger partial charge in [0.1, 0.15) is 0 Å². The van der Waals surface area contributed by atoms with Crippen molar-refractivity contribution in [3.63, 3.8) is 0 Å². The number of nitrogens with one attached hydrogen (secondary N) is 2. The topological polar surface area (TPSA) is 79.9 Å². The predicted molar refractivity (Wildman–Crippen MR) is 137 cm³/mol. The Morgan fingerprint density at radius 1 is 0.886 bits per heavy atom. The average Bonchev–Trinajstić information content (AvgIpc) is 3.11. The molecule has 0 spiro atoms. The van der Waals surface area contributed by atoms with Gasteiger partial charge in [0.05, 0.1) is 20.6 Å². The van der Waals surface area contributed by atoms with Gasteiger partial charge in [-0.25, -0.2) is 4.79 Å². The van der Waals surface area contributed by atoms with E-state index < -0.39 is 0 Å². The molecule has 7 nitrogen and oxygen atoms in total. The number of carbonyl (C=O) groups excluding carboxylic acids is 2. The van der Waals surface area contributed by atoms with E-state index in [1.54, 1.807) is 14.2 Å². The quantitative estimate of drug-likeness (QED) is 0.510. The number of fused-ring (bicyclic) bond motifs is 1. The first-order chi connectivity index (χ1) is 17.1. The van der Waals surface area contributed by atoms with Gasteiger partial charge in [0.15, 0.2) is 11.5 Å². The number of ether oxygens (including phenoxy) is 2. The van der Waals surface area contributed by atoms with Crippen LogP contribution in [0.4, 0.5) is 16.2 Å². The van der Waals surface area contributed by atoms with E-state index in [4.69, 9.17) is 9.47 Å². The summed E-state index contributed by atoms with van der Waals surface area (Å²) in [7, 11) is 3.17. The monoisotopic (exact) mass is 473 g/mol. The molecule has 0 aromatic heterocycles. The van der Waals surface area contributed by atoms with E-state index in [0.717, 1.165) is 36.1 Å². The lowest BCUT2D eigenvalue weighted by Crippen LogP contribution is -2.35. The van der Waals surface area contributed by atoms with Gasteiger partial charge in [0.25, 0.3) is 0 Å². The molecular weight excluding hydrogens is 442 g/mol. The fourth-order valence-electron chi connectivity index (χ4n) is 4.24. The van der Waals surface area contributed by atoms with E-state index in [0.29, 0.717) is 30.3 Å². The van der Waals surface area contributed by atoms with Gasteiger partial charge in [0, 0.05) is 24.5 Å². The van der Waals surface area contributed by atoms with Crippen LogP contribution in [0.2, 0.25) is 0 Å². The van der Waals surface area contributed by atoms with Crippen molar-refractivity contribution in [1.29, 1.82) is 0 Å². The van der Waals surface area contributed by atoms with Crippen molar-refractivity contribution < 1.29 is 19.1 Å². The third kappa shape index (κ3) is 6.12. The molecule has 182 valence electrons. The molecule has 35 heavy (non-hydrogen) atoms. The fraction of sp³-hybridized carbons (Fsp3) is 0.286. The smallest absolute Gasteiger partial charge is 0.326 e. The van der Waals surface area contributed by atoms with Gasteiger partial charge in [-0.05, 0) is 66.3 Å². The highest BCUT2D eigenvalue weighted by molar-refractivity contribution is 6.02. The number of anilines is 2. The Morgan fingerprint density at radius 2 is 1.63 bits per heavy atom. The van der Waals surface area contributed by atoms with Crippen LogP contribution in [-0.4, -0.2) is 32.7 Å². The highest BCUT2D eigenvalue weighted by atomic mass is 16.5. The maximum absolute atomic E-state index is 13.0. The summed E-state index contributed by atoms with van der Waals surface area (Å²) in [6.07, 6.45) is 3.28. The number of hydrogen-bond donors (Lipinski definition) is 2. The first kappa shape index (κ1) is 24.1. The van der Waals surface area contributed by atoms with Crippen LogP contribution in [-0.2, 0) is 24.2 Å². The highest BCUT2D eigenvalue weighted by Gasteiger charge is 2.21. The molecule has 1 heterocycles. The number of benzene rings is 3. The summed E-state index contributed by atoms with van der Waals surface area (Å²) in [4.78, 5) is 27.2. The molecule has 0 aliphatic carbocycles. The van der Waals surface area contributed by atoms with Crippen LogP contribution < -0.4 is 25.0 Å². The molecule has 0 bridgehead atoms. The molecule has 0 radical (unpaired) electrons. The second kappa shape index (κ2) is 11.4. The lowest BCUT2D eigenvalue weighted by molar-refractivity contribution is -0.120. The SMILES string of the molecule is COc1ccc(CNC(=O)Cc2ccc(NC(=O)N3CCCCc4ccccc43)cc2)cc1OC. The molecule has 1 aliphatic rings. The van der Waals surface area contributed by atoms with E-state index in [1.807, 2.05) is 65.6 Å². The fourth-order valence-corrected chi connectivity index (χ4v) is 4.24. The second-order valence-electron chi connectivity index (χ2n) is 8.51. The molecule has 0 atom stereocenters. The minimum atomic E-state index is -0.139. The zero-order valence-corrected chi connectivity index (χ0v) is 20.2. The molecule has 3 aromatic rings. The van der Waals surface area contributed by atoms with Gasteiger partial charge < -0.3 is 20.1 Å². The van der Waals surface area contributed by atoms with Crippen molar-refractivity contribution >= 4 is 23.3 Å². The van der Waals surface area contributed by atoms with Crippen LogP contribution in [0.3, 0.4) is 0 Å². The van der Waals surface area contributed by atoms with Crippen LogP contribution in [0.5, 0.6) is 11.5 Å². The number of hydrogen-bond acceptors (Lipinski definition) is 4. The van der Waals surface area contributed by atoms with Crippen LogP contribution in [0, 0.1) is 0 Å². The Balaban J connectivity index is 1.31. The number of aryl methyl sites for hydroxylation is 1. The third-order valence-corrected chi connectivity index (χ3v) is 6.11. The van der Waals surface area contributed by atoms with Crippen molar-refractivity contribution in [3.05, 3.63) is 83.4 Å². The lowest BCUT2D eigenvalue weighted by atomic mass is 10.1. The van der Waals surface area contributed by atoms with E-state index in [9.17, 15) is 9.59 Å². The Labute approximate surface area is 206 Å². The normalized spacial score (nSPS) is 12.8. The summed E-state index contributed by atoms with van der Waals surface area (Å²) < 4.78 is 10.6. The molecule has 1 aliphatic heterocycles. The zero-order chi connectivity index (χ0) is 24.6. The van der Waals surface area contributed by atoms with Crippen molar-refractivity contribution in [2.75, 3.05) is 31.0 Å². The minimum Gasteiger partial charge on any atom is -0.493 e. The maximum Gasteiger partial charge on any atom is 0.326 e. The van der Waals surface area contributed by atoms with Crippen molar-refractivity contribution in [2.45, 2.75) is 32.2 Å². The second-order valence-corrected chi connectivity index (χ2v) is 8.51. The minimum absolute atomic E-state index is 0.0854. The number of carbonyl (C=O) groups is 2. The van der Waals surface area contributed by atoms with Crippen LogP contribution in [0.25, 0.3) is 0 Å². The first-order valence-corrected chi connectivity index (χ1v) is 11.8. The number of urea groups is 1. The summed E-state index contributed by atoms with van der Waals surface area (Å²) in [5.74, 6) is 1.19. The molecule has 7 heteroatoms. The van der Waals surface area contributed by atoms with Gasteiger partial charge >= 0.3 is 6.03 Å². The summed E-state index contributed by atoms with van der Waals surface area (Å²) in [5, 5.41) is 5.92. The molecule has 0 unspecified atom stereocenters. The lowest BCUT2D eigenvalue weighted by Gasteiger charge is -2.23. The van der Waals surface area contributed by atoms with Gasteiger partial charge in [-0.1, -0.05) is 36.4 Å². The summed E-state index contributed by atoms with van der Waals surface area (Å²) >= 11 is 0. The Hall–Kier alpha value is -4.00. The number of amides is 3. The van der Waals surface area contributed by atoms with E-state index in [1.165, 1.54) is 5.56 Å². The molecular formula is C28H31N3O4. The number of nitrogens with zero attached hydrogens (tertiary/aromatic N) is 1. The Morgan fingerprint density at radius 3 is 2.40 bits per heavy atom. The number of methoxy groups -OCH3 is 2. The predicted octanol–water partition coefficient (Wildman–Crippen LogP) is 4.94. The Kier molecular flexibility index (Phi) is 7.88. The molecule has 2 N–H and O–H groups in total. The van der Waals surface area contributed by atoms with Crippen molar-refractivity contribution in [2.24, 2.45) is 0 Å². The number of para-hydroxylation sites is 1. The molecule has 0 saturated carbocycles. The average molecular weight is 474 g/mol. The van der Waals surface area contributed by atoms with E-state index >= 15 is 0 Å². The van der Waals surface area contributed by atoms with Gasteiger partial charge in [-0.3, -0.25) is 9.69 Å². The maximum atomic E-state index is 13.0. The molecule has 3 amide bonds. The van der Waals surface area contributed by atoms with Crippen LogP contribution >= 0.6 is 0 Å². The highest BCUT2D eigenvalue weighted by Crippen LogP contribution is 2.28. The molecule has 0 fully saturated rings. The number of rotatable bonds is 7. The standard InChI is InChI=1S/C28H31N3O4/c1-34-25-15-12-21(17-26(25)35-2)19-29-27(32)18-20-10-13-23(14-11-20)30-28(33)31-16-6-5-8-22-7-3-4-9-24(22)31/h3-4,7,9-15,17H,5-6,8,16,18-19H2,1-2H3,(H,29,32)(H,30,33). The summed E-state index contributed by atoms with van der Waals surface area (Å²) in [6.45, 7) is 1.09. The van der Waals surface area contributed by atoms with Gasteiger partial charge in [-0.2, -0.15) is 0 Å². The summed E-state index contributed by atoms with van der Waals surface area (Å²) in [5.41, 5.74) is 4.67. The van der Waals surface area contributed by atoms with Crippen LogP contribution in [0.15, 0.2) is 66.7 Å². The zero-order valence-electron chi connectivity index (χ0n) is 20.2. The van der Waals surface area contributed by atoms with Crippen LogP contribution in [0.1, 0.15) is 29.5 Å². The van der Waals surface area contributed by atoms with E-state index in [-0.39, 0.29) is 18.4 Å². The molecule has 0 saturated heterocycles.